The summed E-state index contributed by atoms with van der Waals surface area (Å²) in [5.41, 5.74) is 4.33. The highest BCUT2D eigenvalue weighted by atomic mass is 16.5. The molecular weight excluding hydrogens is 328 g/mol. The first-order valence-electron chi connectivity index (χ1n) is 8.77. The van der Waals surface area contributed by atoms with Gasteiger partial charge in [-0.05, 0) is 30.5 Å². The molecule has 2 heterocycles. The topological polar surface area (TPSA) is 70.0 Å². The molecule has 0 fully saturated rings. The number of carbonyl (C=O) groups is 1. The number of nitrogens with one attached hydrogen (secondary N) is 1. The molecule has 0 unspecified atom stereocenters. The van der Waals surface area contributed by atoms with Gasteiger partial charge in [-0.2, -0.15) is 0 Å². The highest BCUT2D eigenvalue weighted by molar-refractivity contribution is 6.04. The number of carbonyl (C=O) groups excluding carboxylic acids is 1. The number of hydrogen-bond donors (Lipinski definition) is 1. The molecule has 6 heteroatoms. The number of aromatic amines is 1. The summed E-state index contributed by atoms with van der Waals surface area (Å²) in [5.74, 6) is -0.415. The van der Waals surface area contributed by atoms with Crippen molar-refractivity contribution in [2.75, 3.05) is 13.2 Å². The zero-order valence-electron chi connectivity index (χ0n) is 14.6. The minimum absolute atomic E-state index is 0.313. The molecule has 4 rings (SSSR count). The maximum atomic E-state index is 12.3. The highest BCUT2D eigenvalue weighted by Crippen LogP contribution is 2.32. The molecule has 0 amide bonds. The van der Waals surface area contributed by atoms with Crippen LogP contribution in [0.3, 0.4) is 0 Å². The van der Waals surface area contributed by atoms with Crippen molar-refractivity contribution in [2.45, 2.75) is 19.9 Å². The summed E-state index contributed by atoms with van der Waals surface area (Å²) in [4.78, 5) is 15.4. The quantitative estimate of drug-likeness (QED) is 0.561. The maximum absolute atomic E-state index is 12.3. The van der Waals surface area contributed by atoms with E-state index in [2.05, 4.69) is 33.5 Å². The molecule has 2 aromatic carbocycles. The summed E-state index contributed by atoms with van der Waals surface area (Å²) in [6, 6.07) is 16.0. The van der Waals surface area contributed by atoms with Crippen LogP contribution < -0.4 is 0 Å². The number of rotatable bonds is 4. The number of aromatic nitrogens is 1. The average molecular weight is 348 g/mol. The third kappa shape index (κ3) is 3.06. The van der Waals surface area contributed by atoms with E-state index in [0.717, 1.165) is 30.4 Å². The first-order chi connectivity index (χ1) is 12.8. The van der Waals surface area contributed by atoms with E-state index in [1.54, 1.807) is 6.92 Å². The smallest absolute Gasteiger partial charge is 0.357 e. The van der Waals surface area contributed by atoms with Gasteiger partial charge in [-0.1, -0.05) is 47.7 Å². The Morgan fingerprint density at radius 1 is 1.15 bits per heavy atom. The Morgan fingerprint density at radius 2 is 1.92 bits per heavy atom. The Hall–Kier alpha value is -3.15. The lowest BCUT2D eigenvalue weighted by atomic mass is 10.0. The Morgan fingerprint density at radius 3 is 2.77 bits per heavy atom. The van der Waals surface area contributed by atoms with Gasteiger partial charge in [-0.3, -0.25) is 5.01 Å². The molecule has 6 nitrogen and oxygen atoms in total. The minimum Gasteiger partial charge on any atom is -0.461 e. The number of H-pyrrole nitrogens is 1. The number of ether oxygens (including phenoxy) is 1. The van der Waals surface area contributed by atoms with Crippen molar-refractivity contribution in [1.82, 2.24) is 9.99 Å². The van der Waals surface area contributed by atoms with Crippen LogP contribution in [-0.2, 0) is 17.7 Å². The van der Waals surface area contributed by atoms with Gasteiger partial charge < -0.3 is 9.72 Å². The fourth-order valence-corrected chi connectivity index (χ4v) is 3.25. The molecule has 0 radical (unpaired) electrons. The molecule has 1 aliphatic heterocycles. The van der Waals surface area contributed by atoms with Crippen LogP contribution >= 0.6 is 0 Å². The second-order valence-corrected chi connectivity index (χ2v) is 6.21. The van der Waals surface area contributed by atoms with Gasteiger partial charge >= 0.3 is 5.97 Å². The highest BCUT2D eigenvalue weighted by Gasteiger charge is 2.20. The van der Waals surface area contributed by atoms with E-state index in [0.29, 0.717) is 18.0 Å². The lowest BCUT2D eigenvalue weighted by Crippen LogP contribution is -2.25. The number of hydrogen-bond acceptors (Lipinski definition) is 4. The van der Waals surface area contributed by atoms with Gasteiger partial charge in [-0.25, -0.2) is 4.79 Å². The van der Waals surface area contributed by atoms with Crippen LogP contribution in [0.2, 0.25) is 0 Å². The van der Waals surface area contributed by atoms with Crippen LogP contribution in [0, 0.1) is 0 Å². The first kappa shape index (κ1) is 16.3. The first-order valence-corrected chi connectivity index (χ1v) is 8.77. The Balaban J connectivity index is 1.65. The molecule has 0 saturated carbocycles. The van der Waals surface area contributed by atoms with E-state index >= 15 is 0 Å². The number of benzene rings is 2. The molecule has 1 aliphatic rings. The number of fused-ring (bicyclic) bond motifs is 2. The molecule has 0 aliphatic carbocycles. The van der Waals surface area contributed by atoms with E-state index in [-0.39, 0.29) is 0 Å². The maximum Gasteiger partial charge on any atom is 0.357 e. The summed E-state index contributed by atoms with van der Waals surface area (Å²) in [6.45, 7) is 3.62. The van der Waals surface area contributed by atoms with Crippen molar-refractivity contribution >= 4 is 22.6 Å². The predicted octanol–water partition coefficient (Wildman–Crippen LogP) is 4.40. The van der Waals surface area contributed by atoms with Crippen molar-refractivity contribution < 1.29 is 9.53 Å². The van der Waals surface area contributed by atoms with Crippen LogP contribution in [0.1, 0.15) is 28.5 Å². The van der Waals surface area contributed by atoms with Gasteiger partial charge in [0.1, 0.15) is 5.69 Å². The zero-order valence-corrected chi connectivity index (χ0v) is 14.6. The average Bonchev–Trinajstić information content (AvgIpc) is 3.05. The summed E-state index contributed by atoms with van der Waals surface area (Å²) < 4.78 is 5.15. The molecule has 1 N–H and O–H groups in total. The third-order valence-corrected chi connectivity index (χ3v) is 4.54. The zero-order chi connectivity index (χ0) is 17.9. The van der Waals surface area contributed by atoms with Crippen LogP contribution in [-0.4, -0.2) is 29.1 Å². The second-order valence-electron chi connectivity index (χ2n) is 6.21. The van der Waals surface area contributed by atoms with Crippen LogP contribution in [0.4, 0.5) is 5.69 Å². The van der Waals surface area contributed by atoms with E-state index in [4.69, 9.17) is 4.74 Å². The fraction of sp³-hybridized carbons (Fsp3) is 0.250. The van der Waals surface area contributed by atoms with Crippen molar-refractivity contribution in [2.24, 2.45) is 10.3 Å². The lowest BCUT2D eigenvalue weighted by Gasteiger charge is -2.24. The number of esters is 1. The fourth-order valence-electron chi connectivity index (χ4n) is 3.25. The summed E-state index contributed by atoms with van der Waals surface area (Å²) in [6.07, 6.45) is 0.938. The lowest BCUT2D eigenvalue weighted by molar-refractivity contribution is 0.0521. The van der Waals surface area contributed by atoms with Crippen LogP contribution in [0.15, 0.2) is 58.9 Å². The SMILES string of the molecule is CCOC(=O)c1[nH]c2ccccc2c1N=NN1CCc2ccccc2C1. The van der Waals surface area contributed by atoms with E-state index in [1.165, 1.54) is 11.1 Å². The van der Waals surface area contributed by atoms with Gasteiger partial charge in [0.05, 0.1) is 13.2 Å². The van der Waals surface area contributed by atoms with Gasteiger partial charge in [0, 0.05) is 17.4 Å². The van der Waals surface area contributed by atoms with Gasteiger partial charge in [0.15, 0.2) is 5.69 Å². The van der Waals surface area contributed by atoms with E-state index < -0.39 is 5.97 Å². The molecule has 3 aromatic rings. The minimum atomic E-state index is -0.415. The molecule has 26 heavy (non-hydrogen) atoms. The number of nitrogens with zero attached hydrogens (tertiary/aromatic N) is 3. The van der Waals surface area contributed by atoms with Crippen molar-refractivity contribution in [3.63, 3.8) is 0 Å². The molecule has 132 valence electrons. The Bertz CT molecular complexity index is 977. The van der Waals surface area contributed by atoms with Crippen LogP contribution in [0.25, 0.3) is 10.9 Å². The van der Waals surface area contributed by atoms with Gasteiger partial charge in [0.25, 0.3) is 0 Å². The third-order valence-electron chi connectivity index (χ3n) is 4.54. The van der Waals surface area contributed by atoms with Gasteiger partial charge in [0.2, 0.25) is 0 Å². The van der Waals surface area contributed by atoms with Crippen molar-refractivity contribution in [1.29, 1.82) is 0 Å². The van der Waals surface area contributed by atoms with Crippen LogP contribution in [0.5, 0.6) is 0 Å². The molecule has 0 bridgehead atoms. The summed E-state index contributed by atoms with van der Waals surface area (Å²) in [5, 5.41) is 11.6. The van der Waals surface area contributed by atoms with Crippen molar-refractivity contribution in [3.05, 3.63) is 65.4 Å². The molecule has 0 spiro atoms. The molecule has 0 atom stereocenters. The Labute approximate surface area is 151 Å². The van der Waals surface area contributed by atoms with E-state index in [9.17, 15) is 4.79 Å². The molecular formula is C20H20N4O2. The number of para-hydroxylation sites is 1. The standard InChI is InChI=1S/C20H20N4O2/c1-2-26-20(25)19-18(16-9-5-6-10-17(16)21-19)22-23-24-12-11-14-7-3-4-8-15(14)13-24/h3-10,21H,2,11-13H2,1H3. The second kappa shape index (κ2) is 7.00. The van der Waals surface area contributed by atoms with Gasteiger partial charge in [-0.15, -0.1) is 5.11 Å². The predicted molar refractivity (Wildman–Crippen MR) is 99.3 cm³/mol. The van der Waals surface area contributed by atoms with E-state index in [1.807, 2.05) is 35.3 Å². The molecule has 0 saturated heterocycles. The molecule has 1 aromatic heterocycles. The van der Waals surface area contributed by atoms with Crippen molar-refractivity contribution in [3.8, 4) is 0 Å². The largest absolute Gasteiger partial charge is 0.461 e. The Kier molecular flexibility index (Phi) is 4.39. The summed E-state index contributed by atoms with van der Waals surface area (Å²) >= 11 is 0. The summed E-state index contributed by atoms with van der Waals surface area (Å²) in [7, 11) is 0. The normalized spacial score (nSPS) is 14.0. The monoisotopic (exact) mass is 348 g/mol.